The number of nitro groups is 2. The minimum Gasteiger partial charge on any atom is -0.391 e. The molecular weight excluding hydrogens is 409 g/mol. The van der Waals surface area contributed by atoms with Crippen LogP contribution in [0.15, 0.2) is 12.1 Å². The van der Waals surface area contributed by atoms with E-state index in [1.165, 1.54) is 0 Å². The van der Waals surface area contributed by atoms with E-state index in [4.69, 9.17) is 0 Å². The maximum absolute atomic E-state index is 13.0. The standard InChI is InChI=1S/C18H23F3N4O5/c19-18(20,21)11-9-14(24(27)28)17(15(10-11)25(29)30)22-12-5-7-23(8-6-12)13-3-1-2-4-16(13)26/h9-10,12-13,16,22,26H,1-8H2. The second-order valence-electron chi connectivity index (χ2n) is 7.78. The second-order valence-corrected chi connectivity index (χ2v) is 7.78. The number of likely N-dealkylation sites (tertiary alicyclic amines) is 1. The van der Waals surface area contributed by atoms with E-state index in [-0.39, 0.29) is 12.1 Å². The average molecular weight is 432 g/mol. The summed E-state index contributed by atoms with van der Waals surface area (Å²) in [6.07, 6.45) is -0.708. The number of aliphatic hydroxyl groups excluding tert-OH is 1. The highest BCUT2D eigenvalue weighted by Crippen LogP contribution is 2.42. The van der Waals surface area contributed by atoms with Crippen molar-refractivity contribution in [3.63, 3.8) is 0 Å². The van der Waals surface area contributed by atoms with Crippen LogP contribution in [-0.4, -0.2) is 51.1 Å². The van der Waals surface area contributed by atoms with E-state index in [9.17, 15) is 38.5 Å². The summed E-state index contributed by atoms with van der Waals surface area (Å²) >= 11 is 0. The largest absolute Gasteiger partial charge is 0.416 e. The number of nitrogens with one attached hydrogen (secondary N) is 1. The van der Waals surface area contributed by atoms with Crippen LogP contribution in [-0.2, 0) is 6.18 Å². The van der Waals surface area contributed by atoms with Gasteiger partial charge < -0.3 is 10.4 Å². The summed E-state index contributed by atoms with van der Waals surface area (Å²) in [5.41, 5.74) is -3.88. The maximum Gasteiger partial charge on any atom is 0.416 e. The Morgan fingerprint density at radius 2 is 1.53 bits per heavy atom. The average Bonchev–Trinajstić information content (AvgIpc) is 2.68. The molecule has 1 heterocycles. The Hall–Kier alpha value is -2.47. The predicted octanol–water partition coefficient (Wildman–Crippen LogP) is 3.70. The molecule has 30 heavy (non-hydrogen) atoms. The Bertz CT molecular complexity index is 776. The molecule has 1 aliphatic carbocycles. The molecule has 0 radical (unpaired) electrons. The highest BCUT2D eigenvalue weighted by atomic mass is 19.4. The molecule has 3 rings (SSSR count). The van der Waals surface area contributed by atoms with E-state index in [0.717, 1.165) is 25.7 Å². The molecule has 1 aromatic rings. The maximum atomic E-state index is 13.0. The third-order valence-electron chi connectivity index (χ3n) is 5.86. The SMILES string of the molecule is O=[N+]([O-])c1cc(C(F)(F)F)cc([N+](=O)[O-])c1NC1CCN(C2CCCCC2O)CC1. The summed E-state index contributed by atoms with van der Waals surface area (Å²) in [6, 6.07) is 0.330. The molecule has 0 spiro atoms. The molecule has 0 aromatic heterocycles. The lowest BCUT2D eigenvalue weighted by atomic mass is 9.89. The van der Waals surface area contributed by atoms with Gasteiger partial charge in [-0.05, 0) is 25.7 Å². The first-order chi connectivity index (χ1) is 14.1. The van der Waals surface area contributed by atoms with Crippen molar-refractivity contribution in [2.24, 2.45) is 0 Å². The number of alkyl halides is 3. The Morgan fingerprint density at radius 3 is 2.00 bits per heavy atom. The molecule has 0 bridgehead atoms. The summed E-state index contributed by atoms with van der Waals surface area (Å²) in [7, 11) is 0. The highest BCUT2D eigenvalue weighted by molar-refractivity contribution is 5.75. The fraction of sp³-hybridized carbons (Fsp3) is 0.667. The normalized spacial score (nSPS) is 23.9. The zero-order chi connectivity index (χ0) is 22.1. The number of benzene rings is 1. The van der Waals surface area contributed by atoms with Crippen LogP contribution < -0.4 is 5.32 Å². The number of nitrogens with zero attached hydrogens (tertiary/aromatic N) is 3. The highest BCUT2D eigenvalue weighted by Gasteiger charge is 2.39. The first-order valence-electron chi connectivity index (χ1n) is 9.80. The zero-order valence-corrected chi connectivity index (χ0v) is 16.1. The van der Waals surface area contributed by atoms with Crippen LogP contribution in [0.3, 0.4) is 0 Å². The van der Waals surface area contributed by atoms with Crippen LogP contribution in [0.5, 0.6) is 0 Å². The fourth-order valence-corrected chi connectivity index (χ4v) is 4.31. The molecule has 0 amide bonds. The Labute approximate surface area is 170 Å². The minimum absolute atomic E-state index is 0.0504. The topological polar surface area (TPSA) is 122 Å². The molecule has 2 N–H and O–H groups in total. The number of halogens is 3. The summed E-state index contributed by atoms with van der Waals surface area (Å²) in [6.45, 7) is 1.17. The molecule has 1 aromatic carbocycles. The molecular formula is C18H23F3N4O5. The summed E-state index contributed by atoms with van der Waals surface area (Å²) < 4.78 is 39.1. The summed E-state index contributed by atoms with van der Waals surface area (Å²) in [5, 5.41) is 35.7. The predicted molar refractivity (Wildman–Crippen MR) is 101 cm³/mol. The lowest BCUT2D eigenvalue weighted by molar-refractivity contribution is -0.392. The molecule has 166 valence electrons. The van der Waals surface area contributed by atoms with Gasteiger partial charge in [0.15, 0.2) is 5.69 Å². The summed E-state index contributed by atoms with van der Waals surface area (Å²) in [5.74, 6) is 0. The lowest BCUT2D eigenvalue weighted by Crippen LogP contribution is -2.50. The van der Waals surface area contributed by atoms with Crippen molar-refractivity contribution in [2.45, 2.75) is 62.9 Å². The number of piperidine rings is 1. The second kappa shape index (κ2) is 8.72. The van der Waals surface area contributed by atoms with E-state index >= 15 is 0 Å². The van der Waals surface area contributed by atoms with Crippen LogP contribution in [0.4, 0.5) is 30.2 Å². The molecule has 2 unspecified atom stereocenters. The van der Waals surface area contributed by atoms with Crippen LogP contribution in [0.1, 0.15) is 44.1 Å². The van der Waals surface area contributed by atoms with Crippen molar-refractivity contribution in [3.8, 4) is 0 Å². The van der Waals surface area contributed by atoms with Gasteiger partial charge >= 0.3 is 6.18 Å². The van der Waals surface area contributed by atoms with E-state index in [1.54, 1.807) is 0 Å². The van der Waals surface area contributed by atoms with Gasteiger partial charge in [0.25, 0.3) is 11.4 Å². The Morgan fingerprint density at radius 1 is 1.00 bits per heavy atom. The van der Waals surface area contributed by atoms with Crippen molar-refractivity contribution in [1.29, 1.82) is 0 Å². The fourth-order valence-electron chi connectivity index (χ4n) is 4.31. The molecule has 12 heteroatoms. The van der Waals surface area contributed by atoms with Gasteiger partial charge in [0.05, 0.1) is 21.5 Å². The first-order valence-corrected chi connectivity index (χ1v) is 9.80. The van der Waals surface area contributed by atoms with E-state index in [1.807, 2.05) is 0 Å². The molecule has 2 fully saturated rings. The van der Waals surface area contributed by atoms with Crippen LogP contribution >= 0.6 is 0 Å². The van der Waals surface area contributed by atoms with Crippen molar-refractivity contribution >= 4 is 17.1 Å². The van der Waals surface area contributed by atoms with Gasteiger partial charge in [0.2, 0.25) is 0 Å². The van der Waals surface area contributed by atoms with Crippen LogP contribution in [0, 0.1) is 20.2 Å². The number of anilines is 1. The van der Waals surface area contributed by atoms with Gasteiger partial charge in [-0.25, -0.2) is 0 Å². The number of aliphatic hydroxyl groups is 1. The molecule has 2 atom stereocenters. The van der Waals surface area contributed by atoms with Crippen LogP contribution in [0.25, 0.3) is 0 Å². The molecule has 1 saturated carbocycles. The monoisotopic (exact) mass is 432 g/mol. The lowest BCUT2D eigenvalue weighted by Gasteiger charge is -2.41. The van der Waals surface area contributed by atoms with Gasteiger partial charge in [-0.1, -0.05) is 12.8 Å². The van der Waals surface area contributed by atoms with Crippen molar-refractivity contribution < 1.29 is 28.1 Å². The molecule has 2 aliphatic rings. The summed E-state index contributed by atoms with van der Waals surface area (Å²) in [4.78, 5) is 22.8. The van der Waals surface area contributed by atoms with Crippen molar-refractivity contribution in [1.82, 2.24) is 4.90 Å². The quantitative estimate of drug-likeness (QED) is 0.537. The van der Waals surface area contributed by atoms with Gasteiger partial charge in [-0.15, -0.1) is 0 Å². The minimum atomic E-state index is -4.94. The molecule has 1 aliphatic heterocycles. The van der Waals surface area contributed by atoms with Gasteiger partial charge in [0, 0.05) is 37.3 Å². The number of hydrogen-bond acceptors (Lipinski definition) is 7. The smallest absolute Gasteiger partial charge is 0.391 e. The molecule has 9 nitrogen and oxygen atoms in total. The zero-order valence-electron chi connectivity index (χ0n) is 16.1. The van der Waals surface area contributed by atoms with Crippen molar-refractivity contribution in [3.05, 3.63) is 37.9 Å². The van der Waals surface area contributed by atoms with Gasteiger partial charge in [0.1, 0.15) is 0 Å². The van der Waals surface area contributed by atoms with E-state index < -0.39 is 44.8 Å². The number of nitro benzene ring substituents is 2. The third kappa shape index (κ3) is 4.81. The van der Waals surface area contributed by atoms with Gasteiger partial charge in [-0.3, -0.25) is 25.1 Å². The van der Waals surface area contributed by atoms with Crippen LogP contribution in [0.2, 0.25) is 0 Å². The van der Waals surface area contributed by atoms with Gasteiger partial charge in [-0.2, -0.15) is 13.2 Å². The Balaban J connectivity index is 1.79. The first kappa shape index (κ1) is 22.2. The molecule has 1 saturated heterocycles. The Kier molecular flexibility index (Phi) is 6.46. The number of hydrogen-bond donors (Lipinski definition) is 2. The van der Waals surface area contributed by atoms with E-state index in [2.05, 4.69) is 10.2 Å². The number of rotatable bonds is 5. The van der Waals surface area contributed by atoms with E-state index in [0.29, 0.717) is 38.1 Å². The van der Waals surface area contributed by atoms with Crippen molar-refractivity contribution in [2.75, 3.05) is 18.4 Å². The third-order valence-corrected chi connectivity index (χ3v) is 5.86.